The topological polar surface area (TPSA) is 108 Å². The van der Waals surface area contributed by atoms with Crippen LogP contribution in [0.5, 0.6) is 0 Å². The molecule has 0 aliphatic carbocycles. The van der Waals surface area contributed by atoms with E-state index in [9.17, 15) is 10.1 Å². The number of azo groups is 1. The summed E-state index contributed by atoms with van der Waals surface area (Å²) in [6, 6.07) is 14.5. The first-order chi connectivity index (χ1) is 13.1. The number of rotatable bonds is 7. The number of non-ortho nitro benzene ring substituents is 1. The minimum atomic E-state index is -0.451. The fourth-order valence-corrected chi connectivity index (χ4v) is 3.41. The van der Waals surface area contributed by atoms with Crippen LogP contribution in [0.3, 0.4) is 0 Å². The van der Waals surface area contributed by atoms with Crippen molar-refractivity contribution in [3.05, 3.63) is 52.6 Å². The summed E-state index contributed by atoms with van der Waals surface area (Å²) in [5, 5.41) is 28.5. The molecule has 0 amide bonds. The molecule has 0 N–H and O–H groups in total. The number of thiazole rings is 1. The van der Waals surface area contributed by atoms with Crippen molar-refractivity contribution in [2.24, 2.45) is 10.2 Å². The number of nitrogens with zero attached hydrogens (tertiary/aromatic N) is 6. The number of anilines is 1. The zero-order valence-electron chi connectivity index (χ0n) is 14.6. The Morgan fingerprint density at radius 3 is 2.70 bits per heavy atom. The molecular formula is C18H16N6O2S. The summed E-state index contributed by atoms with van der Waals surface area (Å²) in [4.78, 5) is 17.0. The summed E-state index contributed by atoms with van der Waals surface area (Å²) in [5.41, 5.74) is 1.96. The molecule has 0 saturated carbocycles. The number of hydrogen-bond donors (Lipinski definition) is 0. The van der Waals surface area contributed by atoms with Gasteiger partial charge >= 0.3 is 0 Å². The predicted octanol–water partition coefficient (Wildman–Crippen LogP) is 5.36. The van der Waals surface area contributed by atoms with Gasteiger partial charge in [-0.2, -0.15) is 5.26 Å². The van der Waals surface area contributed by atoms with E-state index in [1.54, 1.807) is 12.1 Å². The maximum absolute atomic E-state index is 11.1. The molecule has 3 rings (SSSR count). The molecule has 1 aromatic heterocycles. The van der Waals surface area contributed by atoms with Gasteiger partial charge in [-0.3, -0.25) is 10.1 Å². The number of nitro groups is 1. The normalized spacial score (nSPS) is 11.0. The number of aromatic nitrogens is 1. The van der Waals surface area contributed by atoms with Crippen LogP contribution < -0.4 is 4.90 Å². The number of hydrogen-bond acceptors (Lipinski definition) is 8. The quantitative estimate of drug-likeness (QED) is 0.311. The highest BCUT2D eigenvalue weighted by molar-refractivity contribution is 7.22. The Hall–Kier alpha value is -3.38. The van der Waals surface area contributed by atoms with Crippen LogP contribution in [0.4, 0.5) is 22.2 Å². The van der Waals surface area contributed by atoms with Crippen molar-refractivity contribution in [2.45, 2.75) is 13.3 Å². The Morgan fingerprint density at radius 2 is 2.04 bits per heavy atom. The van der Waals surface area contributed by atoms with Crippen LogP contribution in [-0.2, 0) is 0 Å². The smallest absolute Gasteiger partial charge is 0.296 e. The van der Waals surface area contributed by atoms with E-state index in [1.807, 2.05) is 31.2 Å². The van der Waals surface area contributed by atoms with Crippen LogP contribution >= 0.6 is 11.3 Å². The fraction of sp³-hybridized carbons (Fsp3) is 0.222. The summed E-state index contributed by atoms with van der Waals surface area (Å²) in [5.74, 6) is 0. The van der Waals surface area contributed by atoms with Crippen molar-refractivity contribution in [3.8, 4) is 6.07 Å². The predicted molar refractivity (Wildman–Crippen MR) is 105 cm³/mol. The van der Waals surface area contributed by atoms with Gasteiger partial charge in [0.15, 0.2) is 5.52 Å². The molecule has 0 fully saturated rings. The average molecular weight is 380 g/mol. The lowest BCUT2D eigenvalue weighted by Gasteiger charge is -2.21. The molecule has 9 heteroatoms. The first kappa shape index (κ1) is 18.4. The summed E-state index contributed by atoms with van der Waals surface area (Å²) < 4.78 is 0.699. The number of fused-ring (bicyclic) bond motifs is 1. The molecule has 136 valence electrons. The highest BCUT2D eigenvalue weighted by Gasteiger charge is 2.15. The summed E-state index contributed by atoms with van der Waals surface area (Å²) in [6.45, 7) is 3.53. The van der Waals surface area contributed by atoms with Gasteiger partial charge in [0.2, 0.25) is 5.13 Å². The van der Waals surface area contributed by atoms with E-state index in [0.29, 0.717) is 34.0 Å². The minimum absolute atomic E-state index is 0.0356. The van der Waals surface area contributed by atoms with Gasteiger partial charge in [0.25, 0.3) is 5.69 Å². The van der Waals surface area contributed by atoms with Crippen LogP contribution in [-0.4, -0.2) is 23.0 Å². The van der Waals surface area contributed by atoms with Crippen molar-refractivity contribution in [1.29, 1.82) is 5.26 Å². The van der Waals surface area contributed by atoms with E-state index < -0.39 is 4.92 Å². The van der Waals surface area contributed by atoms with Crippen molar-refractivity contribution in [2.75, 3.05) is 18.0 Å². The molecule has 1 heterocycles. The van der Waals surface area contributed by atoms with E-state index >= 15 is 0 Å². The molecule has 2 aromatic carbocycles. The SMILES string of the molecule is CCN(CCC#N)c1ccc(N=Nc2nc3c([N+](=O)[O-])cccc3s2)cc1. The number of para-hydroxylation sites is 1. The molecule has 0 atom stereocenters. The second kappa shape index (κ2) is 8.33. The van der Waals surface area contributed by atoms with E-state index in [2.05, 4.69) is 26.2 Å². The maximum Gasteiger partial charge on any atom is 0.296 e. The zero-order valence-corrected chi connectivity index (χ0v) is 15.4. The van der Waals surface area contributed by atoms with Gasteiger partial charge in [0, 0.05) is 24.8 Å². The van der Waals surface area contributed by atoms with E-state index in [1.165, 1.54) is 17.4 Å². The molecule has 0 spiro atoms. The highest BCUT2D eigenvalue weighted by atomic mass is 32.1. The number of benzene rings is 2. The van der Waals surface area contributed by atoms with Gasteiger partial charge in [-0.05, 0) is 37.3 Å². The second-order valence-corrected chi connectivity index (χ2v) is 6.59. The van der Waals surface area contributed by atoms with E-state index in [0.717, 1.165) is 12.2 Å². The minimum Gasteiger partial charge on any atom is -0.371 e. The van der Waals surface area contributed by atoms with Crippen LogP contribution in [0.15, 0.2) is 52.7 Å². The van der Waals surface area contributed by atoms with Crippen LogP contribution in [0.2, 0.25) is 0 Å². The summed E-state index contributed by atoms with van der Waals surface area (Å²) in [6.07, 6.45) is 0.471. The average Bonchev–Trinajstić information content (AvgIpc) is 3.10. The Labute approximate surface area is 159 Å². The Morgan fingerprint density at radius 1 is 1.26 bits per heavy atom. The van der Waals surface area contributed by atoms with Gasteiger partial charge in [-0.1, -0.05) is 17.4 Å². The molecule has 0 aliphatic rings. The summed E-state index contributed by atoms with van der Waals surface area (Å²) >= 11 is 1.25. The third kappa shape index (κ3) is 4.24. The summed E-state index contributed by atoms with van der Waals surface area (Å²) in [7, 11) is 0. The third-order valence-corrected chi connectivity index (χ3v) is 4.83. The Kier molecular flexibility index (Phi) is 5.68. The highest BCUT2D eigenvalue weighted by Crippen LogP contribution is 2.34. The first-order valence-electron chi connectivity index (χ1n) is 8.30. The van der Waals surface area contributed by atoms with Crippen LogP contribution in [0.1, 0.15) is 13.3 Å². The maximum atomic E-state index is 11.1. The molecule has 0 bridgehead atoms. The standard InChI is InChI=1S/C18H16N6O2S/c1-2-23(12-4-11-19)14-9-7-13(8-10-14)21-22-18-20-17-15(24(25)26)5-3-6-16(17)27-18/h3,5-10H,2,4,12H2,1H3. The van der Waals surface area contributed by atoms with Crippen LogP contribution in [0, 0.1) is 21.4 Å². The Bertz CT molecular complexity index is 1020. The van der Waals surface area contributed by atoms with Gasteiger partial charge in [-0.25, -0.2) is 4.98 Å². The second-order valence-electron chi connectivity index (χ2n) is 5.58. The molecule has 0 aliphatic heterocycles. The van der Waals surface area contributed by atoms with Gasteiger partial charge in [0.1, 0.15) is 0 Å². The Balaban J connectivity index is 1.78. The lowest BCUT2D eigenvalue weighted by molar-refractivity contribution is -0.383. The molecule has 3 aromatic rings. The zero-order chi connectivity index (χ0) is 19.2. The molecule has 27 heavy (non-hydrogen) atoms. The molecule has 0 radical (unpaired) electrons. The molecule has 8 nitrogen and oxygen atoms in total. The lowest BCUT2D eigenvalue weighted by atomic mass is 10.2. The van der Waals surface area contributed by atoms with Gasteiger partial charge in [0.05, 0.1) is 27.8 Å². The monoisotopic (exact) mass is 380 g/mol. The van der Waals surface area contributed by atoms with Crippen molar-refractivity contribution < 1.29 is 4.92 Å². The van der Waals surface area contributed by atoms with Crippen molar-refractivity contribution in [3.63, 3.8) is 0 Å². The molecule has 0 saturated heterocycles. The fourth-order valence-electron chi connectivity index (χ4n) is 2.60. The lowest BCUT2D eigenvalue weighted by Crippen LogP contribution is -2.23. The largest absolute Gasteiger partial charge is 0.371 e. The molecule has 0 unspecified atom stereocenters. The van der Waals surface area contributed by atoms with Crippen molar-refractivity contribution in [1.82, 2.24) is 4.98 Å². The van der Waals surface area contributed by atoms with Gasteiger partial charge < -0.3 is 4.90 Å². The van der Waals surface area contributed by atoms with Gasteiger partial charge in [-0.15, -0.1) is 10.2 Å². The van der Waals surface area contributed by atoms with Crippen LogP contribution in [0.25, 0.3) is 10.2 Å². The first-order valence-corrected chi connectivity index (χ1v) is 9.11. The van der Waals surface area contributed by atoms with E-state index in [4.69, 9.17) is 5.26 Å². The van der Waals surface area contributed by atoms with E-state index in [-0.39, 0.29) is 5.69 Å². The third-order valence-electron chi connectivity index (χ3n) is 3.92. The number of nitro benzene ring substituents is 1. The number of nitriles is 1. The van der Waals surface area contributed by atoms with Crippen molar-refractivity contribution >= 4 is 43.7 Å². The molecular weight excluding hydrogens is 364 g/mol.